The van der Waals surface area contributed by atoms with Crippen molar-refractivity contribution in [1.82, 2.24) is 0 Å². The summed E-state index contributed by atoms with van der Waals surface area (Å²) in [6.45, 7) is 3.42. The maximum absolute atomic E-state index is 13.1. The number of ether oxygens (including phenoxy) is 1. The molecule has 1 aromatic carbocycles. The molecule has 0 aromatic heterocycles. The summed E-state index contributed by atoms with van der Waals surface area (Å²) >= 11 is 3.20. The minimum Gasteiger partial charge on any atom is -0.490 e. The number of hydrogen-bond donors (Lipinski definition) is 1. The second-order valence-electron chi connectivity index (χ2n) is 3.16. The van der Waals surface area contributed by atoms with E-state index in [4.69, 9.17) is 9.84 Å². The standard InChI is InChI=1S/C10H12BrFO2/c1-6(2)14-9-4-3-8(12)7(5-13)10(9)11/h3-4,6,13H,5H2,1-2H3. The summed E-state index contributed by atoms with van der Waals surface area (Å²) in [5.41, 5.74) is 0.225. The average molecular weight is 263 g/mol. The van der Waals surface area contributed by atoms with Gasteiger partial charge in [-0.25, -0.2) is 4.39 Å². The SMILES string of the molecule is CC(C)Oc1ccc(F)c(CO)c1Br. The molecule has 0 saturated carbocycles. The van der Waals surface area contributed by atoms with Gasteiger partial charge in [-0.3, -0.25) is 0 Å². The number of rotatable bonds is 3. The van der Waals surface area contributed by atoms with Crippen molar-refractivity contribution >= 4 is 15.9 Å². The highest BCUT2D eigenvalue weighted by molar-refractivity contribution is 9.10. The van der Waals surface area contributed by atoms with E-state index in [1.54, 1.807) is 6.07 Å². The zero-order valence-electron chi connectivity index (χ0n) is 8.05. The number of halogens is 2. The van der Waals surface area contributed by atoms with E-state index in [-0.39, 0.29) is 18.3 Å². The van der Waals surface area contributed by atoms with Gasteiger partial charge >= 0.3 is 0 Å². The Morgan fingerprint density at radius 3 is 2.64 bits per heavy atom. The Morgan fingerprint density at radius 2 is 2.14 bits per heavy atom. The highest BCUT2D eigenvalue weighted by atomic mass is 79.9. The van der Waals surface area contributed by atoms with Crippen LogP contribution in [-0.2, 0) is 6.61 Å². The minimum absolute atomic E-state index is 0.0169. The minimum atomic E-state index is -0.435. The van der Waals surface area contributed by atoms with Crippen LogP contribution < -0.4 is 4.74 Å². The third-order valence-electron chi connectivity index (χ3n) is 1.67. The van der Waals surface area contributed by atoms with Crippen molar-refractivity contribution in [1.29, 1.82) is 0 Å². The Bertz CT molecular complexity index is 326. The fraction of sp³-hybridized carbons (Fsp3) is 0.400. The molecule has 0 amide bonds. The van der Waals surface area contributed by atoms with E-state index in [9.17, 15) is 4.39 Å². The molecule has 0 saturated heterocycles. The van der Waals surface area contributed by atoms with Crippen LogP contribution in [0.25, 0.3) is 0 Å². The van der Waals surface area contributed by atoms with Crippen LogP contribution in [0, 0.1) is 5.82 Å². The van der Waals surface area contributed by atoms with Gasteiger partial charge < -0.3 is 9.84 Å². The highest BCUT2D eigenvalue weighted by Gasteiger charge is 2.12. The average Bonchev–Trinajstić information content (AvgIpc) is 2.10. The van der Waals surface area contributed by atoms with Crippen LogP contribution in [0.3, 0.4) is 0 Å². The van der Waals surface area contributed by atoms with Crippen LogP contribution in [-0.4, -0.2) is 11.2 Å². The maximum Gasteiger partial charge on any atom is 0.134 e. The highest BCUT2D eigenvalue weighted by Crippen LogP contribution is 2.31. The Hall–Kier alpha value is -0.610. The van der Waals surface area contributed by atoms with Crippen molar-refractivity contribution in [3.63, 3.8) is 0 Å². The molecule has 0 heterocycles. The molecule has 1 N–H and O–H groups in total. The van der Waals surface area contributed by atoms with Gasteiger partial charge in [-0.15, -0.1) is 0 Å². The molecule has 0 atom stereocenters. The van der Waals surface area contributed by atoms with E-state index >= 15 is 0 Å². The van der Waals surface area contributed by atoms with E-state index in [1.165, 1.54) is 6.07 Å². The first kappa shape index (κ1) is 11.5. The first-order valence-electron chi connectivity index (χ1n) is 4.30. The summed E-state index contributed by atoms with van der Waals surface area (Å²) in [6, 6.07) is 2.83. The summed E-state index contributed by atoms with van der Waals surface area (Å²) in [6.07, 6.45) is 0.0169. The van der Waals surface area contributed by atoms with Crippen LogP contribution in [0.1, 0.15) is 19.4 Å². The Kier molecular flexibility index (Phi) is 3.89. The van der Waals surface area contributed by atoms with E-state index in [1.807, 2.05) is 13.8 Å². The van der Waals surface area contributed by atoms with Gasteiger partial charge in [0.25, 0.3) is 0 Å². The lowest BCUT2D eigenvalue weighted by Gasteiger charge is -2.13. The molecule has 0 aliphatic carbocycles. The Labute approximate surface area is 90.8 Å². The van der Waals surface area contributed by atoms with Gasteiger partial charge in [0.05, 0.1) is 17.2 Å². The van der Waals surface area contributed by atoms with Gasteiger partial charge in [0, 0.05) is 5.56 Å². The second-order valence-corrected chi connectivity index (χ2v) is 3.96. The summed E-state index contributed by atoms with van der Waals surface area (Å²) in [4.78, 5) is 0. The number of aliphatic hydroxyl groups is 1. The largest absolute Gasteiger partial charge is 0.490 e. The Balaban J connectivity index is 3.08. The van der Waals surface area contributed by atoms with Crippen LogP contribution in [0.2, 0.25) is 0 Å². The number of benzene rings is 1. The van der Waals surface area contributed by atoms with Crippen molar-refractivity contribution in [2.75, 3.05) is 0 Å². The van der Waals surface area contributed by atoms with Gasteiger partial charge in [0.1, 0.15) is 11.6 Å². The van der Waals surface area contributed by atoms with E-state index < -0.39 is 5.82 Å². The molecule has 14 heavy (non-hydrogen) atoms. The maximum atomic E-state index is 13.1. The summed E-state index contributed by atoms with van der Waals surface area (Å²) in [5.74, 6) is 0.112. The molecule has 0 aliphatic heterocycles. The van der Waals surface area contributed by atoms with Crippen LogP contribution in [0.5, 0.6) is 5.75 Å². The fourth-order valence-electron chi connectivity index (χ4n) is 1.07. The molecule has 0 aliphatic rings. The molecule has 1 rings (SSSR count). The van der Waals surface area contributed by atoms with E-state index in [0.717, 1.165) is 0 Å². The van der Waals surface area contributed by atoms with E-state index in [2.05, 4.69) is 15.9 Å². The van der Waals surface area contributed by atoms with Gasteiger partial charge in [-0.2, -0.15) is 0 Å². The number of hydrogen-bond acceptors (Lipinski definition) is 2. The molecule has 0 fully saturated rings. The molecular formula is C10H12BrFO2. The molecule has 0 unspecified atom stereocenters. The third kappa shape index (κ3) is 2.45. The molecule has 0 spiro atoms. The predicted molar refractivity (Wildman–Crippen MR) is 55.8 cm³/mol. The molecule has 4 heteroatoms. The van der Waals surface area contributed by atoms with Crippen molar-refractivity contribution < 1.29 is 14.2 Å². The zero-order valence-corrected chi connectivity index (χ0v) is 9.64. The third-order valence-corrected chi connectivity index (χ3v) is 2.54. The molecule has 0 radical (unpaired) electrons. The van der Waals surface area contributed by atoms with Crippen molar-refractivity contribution in [2.45, 2.75) is 26.6 Å². The smallest absolute Gasteiger partial charge is 0.134 e. The van der Waals surface area contributed by atoms with Gasteiger partial charge in [-0.1, -0.05) is 0 Å². The van der Waals surface area contributed by atoms with Crippen LogP contribution in [0.15, 0.2) is 16.6 Å². The van der Waals surface area contributed by atoms with Gasteiger partial charge in [0.15, 0.2) is 0 Å². The van der Waals surface area contributed by atoms with Crippen molar-refractivity contribution in [2.24, 2.45) is 0 Å². The lowest BCUT2D eigenvalue weighted by Crippen LogP contribution is -2.07. The van der Waals surface area contributed by atoms with Crippen LogP contribution >= 0.6 is 15.9 Å². The van der Waals surface area contributed by atoms with E-state index in [0.29, 0.717) is 10.2 Å². The van der Waals surface area contributed by atoms with Crippen molar-refractivity contribution in [3.8, 4) is 5.75 Å². The lowest BCUT2D eigenvalue weighted by molar-refractivity contribution is 0.236. The Morgan fingerprint density at radius 1 is 1.50 bits per heavy atom. The van der Waals surface area contributed by atoms with Gasteiger partial charge in [0.2, 0.25) is 0 Å². The quantitative estimate of drug-likeness (QED) is 0.908. The molecular weight excluding hydrogens is 251 g/mol. The molecule has 1 aromatic rings. The summed E-state index contributed by atoms with van der Waals surface area (Å²) in [7, 11) is 0. The molecule has 78 valence electrons. The summed E-state index contributed by atoms with van der Waals surface area (Å²) in [5, 5.41) is 8.93. The molecule has 0 bridgehead atoms. The number of aliphatic hydroxyl groups excluding tert-OH is 1. The topological polar surface area (TPSA) is 29.5 Å². The van der Waals surface area contributed by atoms with Crippen LogP contribution in [0.4, 0.5) is 4.39 Å². The predicted octanol–water partition coefficient (Wildman–Crippen LogP) is 2.87. The lowest BCUT2D eigenvalue weighted by atomic mass is 10.2. The van der Waals surface area contributed by atoms with Crippen molar-refractivity contribution in [3.05, 3.63) is 28.0 Å². The first-order valence-corrected chi connectivity index (χ1v) is 5.10. The normalized spacial score (nSPS) is 10.7. The second kappa shape index (κ2) is 4.75. The monoisotopic (exact) mass is 262 g/mol. The fourth-order valence-corrected chi connectivity index (χ4v) is 1.61. The molecule has 2 nitrogen and oxygen atoms in total. The first-order chi connectivity index (χ1) is 6.56. The zero-order chi connectivity index (χ0) is 10.7. The summed E-state index contributed by atoms with van der Waals surface area (Å²) < 4.78 is 19.0. The van der Waals surface area contributed by atoms with Gasteiger partial charge in [-0.05, 0) is 41.9 Å².